The minimum atomic E-state index is 0.108. The normalized spacial score (nSPS) is 23.1. The molecule has 100 valence electrons. The molecule has 0 amide bonds. The van der Waals surface area contributed by atoms with Gasteiger partial charge in [-0.2, -0.15) is 0 Å². The van der Waals surface area contributed by atoms with Gasteiger partial charge in [-0.25, -0.2) is 0 Å². The molecule has 0 N–H and O–H groups in total. The van der Waals surface area contributed by atoms with Gasteiger partial charge in [0.1, 0.15) is 0 Å². The Morgan fingerprint density at radius 1 is 1.16 bits per heavy atom. The predicted molar refractivity (Wildman–Crippen MR) is 85.2 cm³/mol. The molecule has 0 bridgehead atoms. The minimum absolute atomic E-state index is 0.108. The standard InChI is InChI=1S/C19H24/c1-6-14(5)19(9-4)17(8-3)15(7-2)16-12-10-11-13-18(16)19/h7-8,10-14H,2-3,6,9H2,1,4-5H3. The van der Waals surface area contributed by atoms with Crippen molar-refractivity contribution in [1.82, 2.24) is 0 Å². The second-order valence-electron chi connectivity index (χ2n) is 5.42. The molecular weight excluding hydrogens is 228 g/mol. The summed E-state index contributed by atoms with van der Waals surface area (Å²) in [4.78, 5) is 0. The van der Waals surface area contributed by atoms with Gasteiger partial charge in [-0.3, -0.25) is 0 Å². The number of hydrogen-bond acceptors (Lipinski definition) is 0. The SMILES string of the molecule is C=CC1=C(C=C)C(CC)(C(C)CC)c2ccccc21. The highest BCUT2D eigenvalue weighted by Crippen LogP contribution is 2.54. The molecular formula is C19H24. The summed E-state index contributed by atoms with van der Waals surface area (Å²) in [5.41, 5.74) is 5.54. The molecule has 2 atom stereocenters. The second-order valence-corrected chi connectivity index (χ2v) is 5.42. The number of benzene rings is 1. The van der Waals surface area contributed by atoms with E-state index in [1.165, 1.54) is 28.7 Å². The van der Waals surface area contributed by atoms with E-state index in [4.69, 9.17) is 0 Å². The lowest BCUT2D eigenvalue weighted by molar-refractivity contribution is 0.329. The summed E-state index contributed by atoms with van der Waals surface area (Å²) in [6.07, 6.45) is 6.32. The Labute approximate surface area is 117 Å². The van der Waals surface area contributed by atoms with Crippen molar-refractivity contribution in [2.24, 2.45) is 5.92 Å². The smallest absolute Gasteiger partial charge is 0.0237 e. The van der Waals surface area contributed by atoms with E-state index in [1.807, 2.05) is 12.2 Å². The van der Waals surface area contributed by atoms with Gasteiger partial charge in [0.25, 0.3) is 0 Å². The Balaban J connectivity index is 2.81. The van der Waals surface area contributed by atoms with E-state index in [0.29, 0.717) is 5.92 Å². The van der Waals surface area contributed by atoms with Gasteiger partial charge in [-0.1, -0.05) is 76.8 Å². The first-order valence-electron chi connectivity index (χ1n) is 7.26. The molecule has 2 rings (SSSR count). The Morgan fingerprint density at radius 2 is 1.84 bits per heavy atom. The van der Waals surface area contributed by atoms with Crippen molar-refractivity contribution >= 4 is 5.57 Å². The monoisotopic (exact) mass is 252 g/mol. The van der Waals surface area contributed by atoms with E-state index in [0.717, 1.165) is 6.42 Å². The van der Waals surface area contributed by atoms with E-state index >= 15 is 0 Å². The van der Waals surface area contributed by atoms with Crippen LogP contribution in [0, 0.1) is 5.92 Å². The summed E-state index contributed by atoms with van der Waals surface area (Å²) in [5.74, 6) is 0.601. The van der Waals surface area contributed by atoms with Crippen LogP contribution in [0.2, 0.25) is 0 Å². The van der Waals surface area contributed by atoms with Crippen LogP contribution in [0.25, 0.3) is 5.57 Å². The van der Waals surface area contributed by atoms with Crippen molar-refractivity contribution in [2.45, 2.75) is 39.0 Å². The van der Waals surface area contributed by atoms with Crippen LogP contribution in [-0.2, 0) is 5.41 Å². The highest BCUT2D eigenvalue weighted by Gasteiger charge is 2.44. The van der Waals surface area contributed by atoms with E-state index in [2.05, 4.69) is 58.2 Å². The zero-order chi connectivity index (χ0) is 14.0. The number of hydrogen-bond donors (Lipinski definition) is 0. The van der Waals surface area contributed by atoms with Gasteiger partial charge >= 0.3 is 0 Å². The Morgan fingerprint density at radius 3 is 2.37 bits per heavy atom. The largest absolute Gasteiger partial charge is 0.0987 e. The highest BCUT2D eigenvalue weighted by atomic mass is 14.5. The van der Waals surface area contributed by atoms with Crippen LogP contribution >= 0.6 is 0 Å². The van der Waals surface area contributed by atoms with Crippen LogP contribution < -0.4 is 0 Å². The van der Waals surface area contributed by atoms with Gasteiger partial charge in [0.2, 0.25) is 0 Å². The summed E-state index contributed by atoms with van der Waals surface area (Å²) in [7, 11) is 0. The van der Waals surface area contributed by atoms with Crippen LogP contribution in [0.4, 0.5) is 0 Å². The van der Waals surface area contributed by atoms with Crippen molar-refractivity contribution in [3.63, 3.8) is 0 Å². The fraction of sp³-hybridized carbons (Fsp3) is 0.368. The first-order valence-corrected chi connectivity index (χ1v) is 7.26. The zero-order valence-electron chi connectivity index (χ0n) is 12.4. The Hall–Kier alpha value is -1.56. The van der Waals surface area contributed by atoms with Crippen LogP contribution in [0.3, 0.4) is 0 Å². The lowest BCUT2D eigenvalue weighted by atomic mass is 9.65. The lowest BCUT2D eigenvalue weighted by Crippen LogP contribution is -2.32. The molecule has 1 aromatic rings. The zero-order valence-corrected chi connectivity index (χ0v) is 12.4. The summed E-state index contributed by atoms with van der Waals surface area (Å²) in [5, 5.41) is 0. The number of allylic oxidation sites excluding steroid dienone is 4. The van der Waals surface area contributed by atoms with Crippen molar-refractivity contribution < 1.29 is 0 Å². The first kappa shape index (κ1) is 13.9. The molecule has 1 aliphatic rings. The molecule has 0 heterocycles. The van der Waals surface area contributed by atoms with Crippen LogP contribution in [0.5, 0.6) is 0 Å². The van der Waals surface area contributed by atoms with Gasteiger partial charge in [0.05, 0.1) is 0 Å². The average Bonchev–Trinajstić information content (AvgIpc) is 2.76. The molecule has 0 saturated carbocycles. The van der Waals surface area contributed by atoms with Gasteiger partial charge in [0, 0.05) is 5.41 Å². The van der Waals surface area contributed by atoms with E-state index in [9.17, 15) is 0 Å². The molecule has 0 heteroatoms. The minimum Gasteiger partial charge on any atom is -0.0987 e. The fourth-order valence-electron chi connectivity index (χ4n) is 3.76. The molecule has 1 aliphatic carbocycles. The van der Waals surface area contributed by atoms with Gasteiger partial charge in [-0.05, 0) is 34.6 Å². The van der Waals surface area contributed by atoms with Crippen molar-refractivity contribution in [3.05, 3.63) is 66.3 Å². The summed E-state index contributed by atoms with van der Waals surface area (Å²) >= 11 is 0. The topological polar surface area (TPSA) is 0 Å². The van der Waals surface area contributed by atoms with Crippen molar-refractivity contribution in [3.8, 4) is 0 Å². The third-order valence-corrected chi connectivity index (χ3v) is 4.89. The molecule has 0 aliphatic heterocycles. The molecule has 19 heavy (non-hydrogen) atoms. The van der Waals surface area contributed by atoms with E-state index in [-0.39, 0.29) is 5.41 Å². The predicted octanol–water partition coefficient (Wildman–Crippen LogP) is 5.52. The third-order valence-electron chi connectivity index (χ3n) is 4.89. The number of rotatable bonds is 5. The first-order chi connectivity index (χ1) is 9.17. The molecule has 2 unspecified atom stereocenters. The van der Waals surface area contributed by atoms with E-state index < -0.39 is 0 Å². The molecule has 1 aromatic carbocycles. The summed E-state index contributed by atoms with van der Waals surface area (Å²) < 4.78 is 0. The summed E-state index contributed by atoms with van der Waals surface area (Å²) in [6, 6.07) is 8.77. The van der Waals surface area contributed by atoms with Crippen molar-refractivity contribution in [1.29, 1.82) is 0 Å². The lowest BCUT2D eigenvalue weighted by Gasteiger charge is -2.37. The average molecular weight is 252 g/mol. The maximum Gasteiger partial charge on any atom is 0.0237 e. The van der Waals surface area contributed by atoms with Gasteiger partial charge in [0.15, 0.2) is 0 Å². The van der Waals surface area contributed by atoms with Crippen LogP contribution in [0.15, 0.2) is 55.1 Å². The second kappa shape index (κ2) is 5.21. The maximum atomic E-state index is 4.08. The summed E-state index contributed by atoms with van der Waals surface area (Å²) in [6.45, 7) is 15.0. The quantitative estimate of drug-likeness (QED) is 0.647. The third kappa shape index (κ3) is 1.74. The Kier molecular flexibility index (Phi) is 3.80. The molecule has 0 spiro atoms. The Bertz CT molecular complexity index is 533. The maximum absolute atomic E-state index is 4.08. The van der Waals surface area contributed by atoms with E-state index in [1.54, 1.807) is 0 Å². The molecule has 0 saturated heterocycles. The van der Waals surface area contributed by atoms with Crippen LogP contribution in [0.1, 0.15) is 44.7 Å². The van der Waals surface area contributed by atoms with Gasteiger partial charge < -0.3 is 0 Å². The highest BCUT2D eigenvalue weighted by molar-refractivity contribution is 5.87. The number of fused-ring (bicyclic) bond motifs is 1. The fourth-order valence-corrected chi connectivity index (χ4v) is 3.76. The van der Waals surface area contributed by atoms with Gasteiger partial charge in [-0.15, -0.1) is 0 Å². The van der Waals surface area contributed by atoms with Crippen molar-refractivity contribution in [2.75, 3.05) is 0 Å². The molecule has 0 fully saturated rings. The van der Waals surface area contributed by atoms with Crippen LogP contribution in [-0.4, -0.2) is 0 Å². The molecule has 0 radical (unpaired) electrons. The molecule has 0 nitrogen and oxygen atoms in total. The molecule has 0 aromatic heterocycles.